The van der Waals surface area contributed by atoms with Crippen LogP contribution in [-0.4, -0.2) is 32.5 Å². The Morgan fingerprint density at radius 3 is 2.35 bits per heavy atom. The number of ketones is 1. The second-order valence-electron chi connectivity index (χ2n) is 5.76. The van der Waals surface area contributed by atoms with E-state index >= 15 is 0 Å². The molecule has 0 saturated carbocycles. The van der Waals surface area contributed by atoms with Crippen LogP contribution in [0.5, 0.6) is 11.5 Å². The van der Waals surface area contributed by atoms with Crippen molar-refractivity contribution >= 4 is 33.9 Å². The Morgan fingerprint density at radius 2 is 1.54 bits per heavy atom. The van der Waals surface area contributed by atoms with Crippen molar-refractivity contribution in [2.75, 3.05) is 0 Å². The summed E-state index contributed by atoms with van der Waals surface area (Å²) < 4.78 is 0. The molecule has 6 nitrogen and oxygen atoms in total. The first-order chi connectivity index (χ1) is 12.6. The maximum absolute atomic E-state index is 12.9. The second kappa shape index (κ2) is 5.93. The summed E-state index contributed by atoms with van der Waals surface area (Å²) in [4.78, 5) is 23.9. The van der Waals surface area contributed by atoms with Crippen molar-refractivity contribution in [2.45, 2.75) is 0 Å². The zero-order valence-corrected chi connectivity index (χ0v) is 13.4. The highest BCUT2D eigenvalue weighted by Crippen LogP contribution is 2.35. The molecule has 0 radical (unpaired) electrons. The van der Waals surface area contributed by atoms with Crippen LogP contribution in [0, 0.1) is 0 Å². The van der Waals surface area contributed by atoms with E-state index in [-0.39, 0.29) is 22.4 Å². The van der Waals surface area contributed by atoms with Crippen molar-refractivity contribution in [1.82, 2.24) is 10.2 Å². The molecule has 126 valence electrons. The summed E-state index contributed by atoms with van der Waals surface area (Å²) in [6.45, 7) is 0. The minimum atomic E-state index is -0.591. The number of phenolic OH excluding ortho intramolecular Hbond substituents is 2. The third-order valence-corrected chi connectivity index (χ3v) is 4.28. The maximum Gasteiger partial charge on any atom is 0.200 e. The summed E-state index contributed by atoms with van der Waals surface area (Å²) in [5.74, 6) is -1.24. The van der Waals surface area contributed by atoms with Crippen LogP contribution in [0.4, 0.5) is 0 Å². The molecule has 0 aliphatic rings. The molecule has 3 aromatic carbocycles. The Balaban J connectivity index is 1.98. The molecule has 6 heteroatoms. The van der Waals surface area contributed by atoms with Crippen LogP contribution in [0.25, 0.3) is 21.8 Å². The zero-order chi connectivity index (χ0) is 18.3. The van der Waals surface area contributed by atoms with Crippen molar-refractivity contribution in [3.8, 4) is 11.5 Å². The molecule has 0 spiro atoms. The minimum Gasteiger partial charge on any atom is -0.506 e. The number of para-hydroxylation sites is 1. The van der Waals surface area contributed by atoms with Gasteiger partial charge in [-0.3, -0.25) is 9.59 Å². The van der Waals surface area contributed by atoms with Crippen LogP contribution in [-0.2, 0) is 0 Å². The van der Waals surface area contributed by atoms with Crippen LogP contribution >= 0.6 is 0 Å². The number of fused-ring (bicyclic) bond motifs is 3. The highest BCUT2D eigenvalue weighted by Gasteiger charge is 2.21. The fourth-order valence-corrected chi connectivity index (χ4v) is 2.98. The molecule has 0 aliphatic heterocycles. The average Bonchev–Trinajstić information content (AvgIpc) is 2.67. The largest absolute Gasteiger partial charge is 0.506 e. The summed E-state index contributed by atoms with van der Waals surface area (Å²) in [7, 11) is 0. The molecule has 0 unspecified atom stereocenters. The van der Waals surface area contributed by atoms with Gasteiger partial charge in [0.05, 0.1) is 33.1 Å². The summed E-state index contributed by atoms with van der Waals surface area (Å²) in [5, 5.41) is 30.1. The molecule has 2 N–H and O–H groups in total. The van der Waals surface area contributed by atoms with Crippen molar-refractivity contribution < 1.29 is 19.8 Å². The SMILES string of the molecule is O=Cc1cccc(C(=O)c2ccc3nnc4ccccc4c3c2O)c1O. The topological polar surface area (TPSA) is 100 Å². The van der Waals surface area contributed by atoms with Crippen LogP contribution in [0.3, 0.4) is 0 Å². The number of carbonyl (C=O) groups is 2. The number of benzene rings is 3. The predicted octanol–water partition coefficient (Wildman–Crippen LogP) is 3.24. The molecule has 0 aliphatic carbocycles. The van der Waals surface area contributed by atoms with E-state index < -0.39 is 11.5 Å². The number of hydrogen-bond acceptors (Lipinski definition) is 6. The summed E-state index contributed by atoms with van der Waals surface area (Å²) in [5.41, 5.74) is 0.992. The minimum absolute atomic E-state index is 0.00689. The van der Waals surface area contributed by atoms with E-state index in [4.69, 9.17) is 0 Å². The summed E-state index contributed by atoms with van der Waals surface area (Å²) in [6.07, 6.45) is 0.468. The fraction of sp³-hybridized carbons (Fsp3) is 0. The fourth-order valence-electron chi connectivity index (χ4n) is 2.98. The van der Waals surface area contributed by atoms with Crippen LogP contribution in [0.15, 0.2) is 54.6 Å². The molecule has 0 bridgehead atoms. The standard InChI is InChI=1S/C20H12N2O4/c23-10-11-4-3-6-13(18(11)24)19(25)14-8-9-16-17(20(14)26)12-5-1-2-7-15(12)21-22-16/h1-10,24,26H. The zero-order valence-electron chi connectivity index (χ0n) is 13.4. The van der Waals surface area contributed by atoms with Gasteiger partial charge in [-0.1, -0.05) is 24.3 Å². The third kappa shape index (κ3) is 2.28. The van der Waals surface area contributed by atoms with E-state index in [1.54, 1.807) is 30.3 Å². The van der Waals surface area contributed by atoms with Gasteiger partial charge < -0.3 is 10.2 Å². The van der Waals surface area contributed by atoms with Crippen LogP contribution in [0.1, 0.15) is 26.3 Å². The lowest BCUT2D eigenvalue weighted by molar-refractivity contribution is 0.103. The van der Waals surface area contributed by atoms with E-state index in [9.17, 15) is 19.8 Å². The van der Waals surface area contributed by atoms with Gasteiger partial charge in [0, 0.05) is 5.39 Å². The number of aldehydes is 1. The number of phenols is 2. The van der Waals surface area contributed by atoms with E-state index in [0.717, 1.165) is 0 Å². The molecule has 0 amide bonds. The predicted molar refractivity (Wildman–Crippen MR) is 95.6 cm³/mol. The molecule has 0 saturated heterocycles. The van der Waals surface area contributed by atoms with E-state index in [2.05, 4.69) is 10.2 Å². The molecular weight excluding hydrogens is 332 g/mol. The average molecular weight is 344 g/mol. The van der Waals surface area contributed by atoms with Gasteiger partial charge in [0.25, 0.3) is 0 Å². The molecule has 4 rings (SSSR count). The van der Waals surface area contributed by atoms with Gasteiger partial charge in [-0.2, -0.15) is 0 Å². The smallest absolute Gasteiger partial charge is 0.200 e. The third-order valence-electron chi connectivity index (χ3n) is 4.28. The first-order valence-corrected chi connectivity index (χ1v) is 7.80. The first-order valence-electron chi connectivity index (χ1n) is 7.80. The van der Waals surface area contributed by atoms with Crippen molar-refractivity contribution in [3.63, 3.8) is 0 Å². The second-order valence-corrected chi connectivity index (χ2v) is 5.76. The lowest BCUT2D eigenvalue weighted by Gasteiger charge is -2.10. The van der Waals surface area contributed by atoms with Gasteiger partial charge in [0.15, 0.2) is 6.29 Å². The number of aromatic hydroxyl groups is 2. The number of nitrogens with zero attached hydrogens (tertiary/aromatic N) is 2. The Kier molecular flexibility index (Phi) is 3.58. The highest BCUT2D eigenvalue weighted by molar-refractivity contribution is 6.18. The Bertz CT molecular complexity index is 1200. The lowest BCUT2D eigenvalue weighted by Crippen LogP contribution is -2.04. The monoisotopic (exact) mass is 344 g/mol. The Hall–Kier alpha value is -3.80. The van der Waals surface area contributed by atoms with E-state index in [1.807, 2.05) is 0 Å². The molecule has 1 aromatic heterocycles. The van der Waals surface area contributed by atoms with Crippen LogP contribution in [0.2, 0.25) is 0 Å². The molecule has 4 aromatic rings. The van der Waals surface area contributed by atoms with Gasteiger partial charge in [-0.15, -0.1) is 10.2 Å². The molecule has 0 atom stereocenters. The number of hydrogen-bond donors (Lipinski definition) is 2. The van der Waals surface area contributed by atoms with Crippen molar-refractivity contribution in [3.05, 3.63) is 71.3 Å². The lowest BCUT2D eigenvalue weighted by atomic mass is 9.97. The molecule has 0 fully saturated rings. The van der Waals surface area contributed by atoms with Crippen molar-refractivity contribution in [2.24, 2.45) is 0 Å². The highest BCUT2D eigenvalue weighted by atomic mass is 16.3. The Labute approximate surface area is 147 Å². The van der Waals surface area contributed by atoms with Crippen LogP contribution < -0.4 is 0 Å². The number of rotatable bonds is 3. The van der Waals surface area contributed by atoms with Gasteiger partial charge in [0.1, 0.15) is 11.5 Å². The Morgan fingerprint density at radius 1 is 0.808 bits per heavy atom. The molecule has 26 heavy (non-hydrogen) atoms. The quantitative estimate of drug-likeness (QED) is 0.336. The summed E-state index contributed by atoms with van der Waals surface area (Å²) >= 11 is 0. The first kappa shape index (κ1) is 15.7. The number of aromatic nitrogens is 2. The number of carbonyl (C=O) groups excluding carboxylic acids is 2. The van der Waals surface area contributed by atoms with Crippen molar-refractivity contribution in [1.29, 1.82) is 0 Å². The molecular formula is C20H12N2O4. The normalized spacial score (nSPS) is 10.9. The van der Waals surface area contributed by atoms with E-state index in [0.29, 0.717) is 28.1 Å². The van der Waals surface area contributed by atoms with E-state index in [1.165, 1.54) is 24.3 Å². The maximum atomic E-state index is 12.9. The van der Waals surface area contributed by atoms with Gasteiger partial charge >= 0.3 is 0 Å². The summed E-state index contributed by atoms with van der Waals surface area (Å²) in [6, 6.07) is 14.5. The van der Waals surface area contributed by atoms with Gasteiger partial charge in [-0.25, -0.2) is 0 Å². The van der Waals surface area contributed by atoms with Gasteiger partial charge in [0.2, 0.25) is 5.78 Å². The molecule has 1 heterocycles. The van der Waals surface area contributed by atoms with Gasteiger partial charge in [-0.05, 0) is 30.3 Å².